The molecule has 0 atom stereocenters. The van der Waals surface area contributed by atoms with E-state index < -0.39 is 32.8 Å². The van der Waals surface area contributed by atoms with Crippen molar-refractivity contribution >= 4 is 33.3 Å². The van der Waals surface area contributed by atoms with E-state index in [-0.39, 0.29) is 30.1 Å². The lowest BCUT2D eigenvalue weighted by molar-refractivity contribution is -0.139. The number of nitrogens with zero attached hydrogens (tertiary/aromatic N) is 2. The quantitative estimate of drug-likeness (QED) is 0.552. The highest BCUT2D eigenvalue weighted by Crippen LogP contribution is 2.39. The number of hydrogen-bond acceptors (Lipinski definition) is 4. The summed E-state index contributed by atoms with van der Waals surface area (Å²) in [4.78, 5) is 23.4. The second kappa shape index (κ2) is 8.22. The number of alkyl halides is 3. The Labute approximate surface area is 187 Å². The molecule has 174 valence electrons. The summed E-state index contributed by atoms with van der Waals surface area (Å²) in [5.74, 6) is -0.135. The van der Waals surface area contributed by atoms with Crippen LogP contribution in [0.15, 0.2) is 53.6 Å². The summed E-state index contributed by atoms with van der Waals surface area (Å²) in [6.45, 7) is 0.565. The van der Waals surface area contributed by atoms with Crippen LogP contribution >= 0.6 is 0 Å². The van der Waals surface area contributed by atoms with Crippen LogP contribution in [0.5, 0.6) is 0 Å². The van der Waals surface area contributed by atoms with Crippen LogP contribution in [0.2, 0.25) is 0 Å². The Morgan fingerprint density at radius 3 is 2.33 bits per heavy atom. The topological polar surface area (TPSA) is 96.7 Å². The smallest absolute Gasteiger partial charge is 0.417 e. The fraction of sp³-hybridized carbons (Fsp3) is 0.273. The normalized spacial score (nSPS) is 15.7. The third-order valence-electron chi connectivity index (χ3n) is 5.92. The molecule has 0 aliphatic carbocycles. The number of carbonyl (C=O) groups excluding carboxylic acids is 1. The van der Waals surface area contributed by atoms with E-state index in [1.807, 2.05) is 0 Å². The summed E-state index contributed by atoms with van der Waals surface area (Å²) < 4.78 is 67.9. The largest absolute Gasteiger partial charge is 0.465 e. The number of fused-ring (bicyclic) bond motifs is 1. The predicted octanol–water partition coefficient (Wildman–Crippen LogP) is 4.57. The Morgan fingerprint density at radius 2 is 1.73 bits per heavy atom. The van der Waals surface area contributed by atoms with Gasteiger partial charge in [-0.2, -0.15) is 13.2 Å². The summed E-state index contributed by atoms with van der Waals surface area (Å²) in [7, 11) is -4.68. The van der Waals surface area contributed by atoms with Gasteiger partial charge in [0.2, 0.25) is 0 Å². The molecule has 1 aliphatic rings. The van der Waals surface area contributed by atoms with Crippen molar-refractivity contribution in [2.24, 2.45) is 0 Å². The molecule has 1 aromatic heterocycles. The summed E-state index contributed by atoms with van der Waals surface area (Å²) in [5, 5.41) is 9.50. The number of benzene rings is 2. The van der Waals surface area contributed by atoms with Crippen molar-refractivity contribution in [3.63, 3.8) is 0 Å². The first-order chi connectivity index (χ1) is 15.6. The van der Waals surface area contributed by atoms with Crippen molar-refractivity contribution in [2.75, 3.05) is 13.1 Å². The number of hydrogen-bond donors (Lipinski definition) is 1. The molecule has 0 unspecified atom stereocenters. The van der Waals surface area contributed by atoms with Gasteiger partial charge in [-0.05, 0) is 42.5 Å². The van der Waals surface area contributed by atoms with Gasteiger partial charge in [-0.25, -0.2) is 17.2 Å². The maximum absolute atomic E-state index is 13.5. The predicted molar refractivity (Wildman–Crippen MR) is 113 cm³/mol. The second-order valence-electron chi connectivity index (χ2n) is 7.78. The van der Waals surface area contributed by atoms with Crippen molar-refractivity contribution in [2.45, 2.75) is 29.8 Å². The van der Waals surface area contributed by atoms with Gasteiger partial charge in [0.1, 0.15) is 4.90 Å². The maximum Gasteiger partial charge on any atom is 0.417 e. The molecule has 0 saturated carbocycles. The van der Waals surface area contributed by atoms with Crippen LogP contribution in [0.1, 0.15) is 40.2 Å². The highest BCUT2D eigenvalue weighted by Gasteiger charge is 2.38. The lowest BCUT2D eigenvalue weighted by Gasteiger charge is -2.30. The first-order valence-corrected chi connectivity index (χ1v) is 11.5. The lowest BCUT2D eigenvalue weighted by Crippen LogP contribution is -2.36. The molecule has 0 radical (unpaired) electrons. The maximum atomic E-state index is 13.5. The summed E-state index contributed by atoms with van der Waals surface area (Å²) in [5.41, 5.74) is -0.504. The Kier molecular flexibility index (Phi) is 5.69. The van der Waals surface area contributed by atoms with E-state index in [1.54, 1.807) is 12.1 Å². The minimum atomic E-state index is -4.89. The zero-order chi connectivity index (χ0) is 24.0. The Hall–Kier alpha value is -3.34. The number of aldehydes is 1. The molecule has 2 aromatic carbocycles. The molecular weight excluding hydrogens is 461 g/mol. The van der Waals surface area contributed by atoms with E-state index in [0.29, 0.717) is 40.1 Å². The van der Waals surface area contributed by atoms with E-state index in [0.717, 1.165) is 18.3 Å². The Balaban J connectivity index is 1.86. The molecule has 33 heavy (non-hydrogen) atoms. The molecule has 1 aliphatic heterocycles. The first kappa shape index (κ1) is 22.8. The van der Waals surface area contributed by atoms with Crippen LogP contribution in [0.25, 0.3) is 10.9 Å². The highest BCUT2D eigenvalue weighted by molar-refractivity contribution is 7.90. The van der Waals surface area contributed by atoms with Crippen molar-refractivity contribution in [1.29, 1.82) is 0 Å². The zero-order valence-corrected chi connectivity index (χ0v) is 17.9. The number of carbonyl (C=O) groups is 2. The van der Waals surface area contributed by atoms with Crippen LogP contribution in [-0.2, 0) is 16.2 Å². The van der Waals surface area contributed by atoms with E-state index in [9.17, 15) is 31.2 Å². The number of rotatable bonds is 4. The molecule has 1 saturated heterocycles. The molecule has 7 nitrogen and oxygen atoms in total. The van der Waals surface area contributed by atoms with Gasteiger partial charge in [-0.1, -0.05) is 24.3 Å². The van der Waals surface area contributed by atoms with Gasteiger partial charge in [0.25, 0.3) is 10.0 Å². The molecule has 1 amide bonds. The Bertz CT molecular complexity index is 1340. The van der Waals surface area contributed by atoms with Crippen LogP contribution in [0.3, 0.4) is 0 Å². The summed E-state index contributed by atoms with van der Waals surface area (Å²) in [6, 6.07) is 8.64. The third kappa shape index (κ3) is 3.97. The molecule has 3 aromatic rings. The average Bonchev–Trinajstić information content (AvgIpc) is 3.18. The van der Waals surface area contributed by atoms with E-state index in [2.05, 4.69) is 0 Å². The van der Waals surface area contributed by atoms with E-state index >= 15 is 0 Å². The lowest BCUT2D eigenvalue weighted by atomic mass is 9.87. The monoisotopic (exact) mass is 480 g/mol. The number of halogens is 3. The van der Waals surface area contributed by atoms with Gasteiger partial charge < -0.3 is 10.0 Å². The van der Waals surface area contributed by atoms with Gasteiger partial charge in [-0.3, -0.25) is 4.79 Å². The van der Waals surface area contributed by atoms with E-state index in [4.69, 9.17) is 5.11 Å². The van der Waals surface area contributed by atoms with Crippen molar-refractivity contribution in [3.05, 3.63) is 65.4 Å². The molecule has 0 spiro atoms. The van der Waals surface area contributed by atoms with E-state index in [1.165, 1.54) is 17.0 Å². The van der Waals surface area contributed by atoms with Crippen molar-refractivity contribution in [1.82, 2.24) is 8.87 Å². The van der Waals surface area contributed by atoms with Crippen LogP contribution < -0.4 is 0 Å². The molecule has 1 fully saturated rings. The highest BCUT2D eigenvalue weighted by atomic mass is 32.2. The number of amides is 1. The third-order valence-corrected chi connectivity index (χ3v) is 7.65. The standard InChI is InChI=1S/C22H19F3N2O5S/c23-22(24,25)17-5-1-2-7-19(17)33(31,32)27-12-15(13-28)20-16(4-3-6-18(20)27)14-8-10-26(11-9-14)21(29)30/h1-7,12-14H,8-11H2,(H,29,30). The fourth-order valence-electron chi connectivity index (χ4n) is 4.36. The van der Waals surface area contributed by atoms with Crippen molar-refractivity contribution in [3.8, 4) is 0 Å². The molecule has 1 N–H and O–H groups in total. The van der Waals surface area contributed by atoms with Gasteiger partial charge in [-0.15, -0.1) is 0 Å². The molecule has 0 bridgehead atoms. The summed E-state index contributed by atoms with van der Waals surface area (Å²) in [6.07, 6.45) is -3.46. The molecular formula is C22H19F3N2O5S. The molecule has 11 heteroatoms. The zero-order valence-electron chi connectivity index (χ0n) is 17.1. The second-order valence-corrected chi connectivity index (χ2v) is 9.57. The number of piperidine rings is 1. The summed E-state index contributed by atoms with van der Waals surface area (Å²) >= 11 is 0. The average molecular weight is 480 g/mol. The fourth-order valence-corrected chi connectivity index (χ4v) is 5.95. The van der Waals surface area contributed by atoms with Crippen LogP contribution in [0.4, 0.5) is 18.0 Å². The first-order valence-electron chi connectivity index (χ1n) is 10.0. The van der Waals surface area contributed by atoms with Crippen LogP contribution in [0, 0.1) is 0 Å². The van der Waals surface area contributed by atoms with Gasteiger partial charge in [0.05, 0.1) is 11.1 Å². The SMILES string of the molecule is O=Cc1cn(S(=O)(=O)c2ccccc2C(F)(F)F)c2cccc(C3CCN(C(=O)O)CC3)c12. The van der Waals surface area contributed by atoms with Crippen LogP contribution in [-0.4, -0.2) is 47.9 Å². The Morgan fingerprint density at radius 1 is 1.06 bits per heavy atom. The van der Waals surface area contributed by atoms with Gasteiger partial charge >= 0.3 is 12.3 Å². The van der Waals surface area contributed by atoms with Gasteiger partial charge in [0, 0.05) is 30.2 Å². The van der Waals surface area contributed by atoms with Gasteiger partial charge in [0.15, 0.2) is 6.29 Å². The number of aromatic nitrogens is 1. The molecule has 2 heterocycles. The molecule has 4 rings (SSSR count). The van der Waals surface area contributed by atoms with Crippen molar-refractivity contribution < 1.29 is 36.3 Å². The number of carboxylic acid groups (broad SMARTS) is 1. The minimum Gasteiger partial charge on any atom is -0.465 e. The minimum absolute atomic E-state index is 0.0364. The number of likely N-dealkylation sites (tertiary alicyclic amines) is 1.